The Hall–Kier alpha value is -2.89. The van der Waals surface area contributed by atoms with Gasteiger partial charge in [-0.3, -0.25) is 4.40 Å². The summed E-state index contributed by atoms with van der Waals surface area (Å²) in [6, 6.07) is 8.96. The molecule has 0 saturated heterocycles. The number of methoxy groups -OCH3 is 1. The zero-order chi connectivity index (χ0) is 14.1. The Labute approximate surface area is 114 Å². The van der Waals surface area contributed by atoms with Crippen molar-refractivity contribution in [1.29, 1.82) is 0 Å². The zero-order valence-corrected chi connectivity index (χ0v) is 10.6. The third kappa shape index (κ3) is 1.78. The number of para-hydroxylation sites is 1. The molecule has 0 fully saturated rings. The molecule has 0 aliphatic heterocycles. The van der Waals surface area contributed by atoms with Crippen LogP contribution < -0.4 is 4.74 Å². The number of rotatable bonds is 3. The van der Waals surface area contributed by atoms with Gasteiger partial charge in [-0.1, -0.05) is 12.1 Å². The average molecular weight is 269 g/mol. The highest BCUT2D eigenvalue weighted by molar-refractivity contribution is 5.89. The molecule has 3 rings (SSSR count). The lowest BCUT2D eigenvalue weighted by atomic mass is 10.1. The van der Waals surface area contributed by atoms with Gasteiger partial charge in [0.25, 0.3) is 0 Å². The van der Waals surface area contributed by atoms with Crippen molar-refractivity contribution in [2.24, 2.45) is 0 Å². The summed E-state index contributed by atoms with van der Waals surface area (Å²) >= 11 is 0. The van der Waals surface area contributed by atoms with E-state index >= 15 is 0 Å². The second kappa shape index (κ2) is 4.65. The van der Waals surface area contributed by atoms with E-state index in [0.29, 0.717) is 22.7 Å². The third-order valence-electron chi connectivity index (χ3n) is 2.96. The Kier molecular flexibility index (Phi) is 2.83. The number of fused-ring (bicyclic) bond motifs is 1. The molecule has 0 aliphatic carbocycles. The van der Waals surface area contributed by atoms with Crippen LogP contribution in [0.15, 0.2) is 42.7 Å². The fourth-order valence-electron chi connectivity index (χ4n) is 2.10. The molecule has 6 nitrogen and oxygen atoms in total. The van der Waals surface area contributed by atoms with Gasteiger partial charge in [0.1, 0.15) is 11.4 Å². The quantitative estimate of drug-likeness (QED) is 0.788. The number of carboxylic acid groups (broad SMARTS) is 1. The van der Waals surface area contributed by atoms with E-state index in [1.54, 1.807) is 31.6 Å². The fraction of sp³-hybridized carbons (Fsp3) is 0.0714. The number of nitrogens with zero attached hydrogens (tertiary/aromatic N) is 3. The highest BCUT2D eigenvalue weighted by Gasteiger charge is 2.20. The Balaban J connectivity index is 2.34. The molecule has 0 unspecified atom stereocenters. The van der Waals surface area contributed by atoms with Gasteiger partial charge in [-0.2, -0.15) is 0 Å². The van der Waals surface area contributed by atoms with E-state index in [0.717, 1.165) is 0 Å². The number of hydrogen-bond acceptors (Lipinski definition) is 4. The maximum absolute atomic E-state index is 11.3. The number of carbonyl (C=O) groups is 1. The van der Waals surface area contributed by atoms with Gasteiger partial charge >= 0.3 is 5.97 Å². The molecule has 0 saturated carbocycles. The van der Waals surface area contributed by atoms with Crippen molar-refractivity contribution in [3.8, 4) is 17.0 Å². The van der Waals surface area contributed by atoms with Crippen LogP contribution in [0.1, 0.15) is 10.6 Å². The summed E-state index contributed by atoms with van der Waals surface area (Å²) in [6.07, 6.45) is 3.22. The summed E-state index contributed by atoms with van der Waals surface area (Å²) in [4.78, 5) is 19.7. The van der Waals surface area contributed by atoms with E-state index in [4.69, 9.17) is 4.74 Å². The van der Waals surface area contributed by atoms with E-state index < -0.39 is 5.97 Å². The minimum atomic E-state index is -1.10. The van der Waals surface area contributed by atoms with Gasteiger partial charge in [-0.15, -0.1) is 0 Å². The summed E-state index contributed by atoms with van der Waals surface area (Å²) in [5.41, 5.74) is 1.67. The summed E-state index contributed by atoms with van der Waals surface area (Å²) in [5.74, 6) is -0.557. The van der Waals surface area contributed by atoms with Crippen LogP contribution in [0.3, 0.4) is 0 Å². The number of aromatic carboxylic acids is 1. The number of aromatic nitrogens is 3. The first kappa shape index (κ1) is 12.2. The molecule has 2 heterocycles. The Bertz CT molecular complexity index is 795. The SMILES string of the molecule is COc1ccccc1-c1nc(C(=O)O)n2cccnc12. The van der Waals surface area contributed by atoms with Crippen LogP contribution in [0.25, 0.3) is 16.9 Å². The standard InChI is InChI=1S/C14H11N3O3/c1-20-10-6-3-2-5-9(10)11-12-15-7-4-8-17(12)13(16-11)14(18)19/h2-8H,1H3,(H,18,19). The molecule has 0 spiro atoms. The first-order valence-electron chi connectivity index (χ1n) is 5.92. The molecule has 6 heteroatoms. The van der Waals surface area contributed by atoms with E-state index in [-0.39, 0.29) is 5.82 Å². The monoisotopic (exact) mass is 269 g/mol. The maximum Gasteiger partial charge on any atom is 0.372 e. The van der Waals surface area contributed by atoms with Crippen LogP contribution >= 0.6 is 0 Å². The highest BCUT2D eigenvalue weighted by atomic mass is 16.5. The van der Waals surface area contributed by atoms with Crippen molar-refractivity contribution >= 4 is 11.6 Å². The van der Waals surface area contributed by atoms with Crippen molar-refractivity contribution in [2.45, 2.75) is 0 Å². The maximum atomic E-state index is 11.3. The van der Waals surface area contributed by atoms with E-state index in [1.807, 2.05) is 18.2 Å². The summed E-state index contributed by atoms with van der Waals surface area (Å²) < 4.78 is 6.74. The largest absolute Gasteiger partial charge is 0.496 e. The summed E-state index contributed by atoms with van der Waals surface area (Å²) in [5, 5.41) is 9.23. The Morgan fingerprint density at radius 3 is 2.85 bits per heavy atom. The predicted molar refractivity (Wildman–Crippen MR) is 71.9 cm³/mol. The minimum Gasteiger partial charge on any atom is -0.496 e. The molecule has 100 valence electrons. The zero-order valence-electron chi connectivity index (χ0n) is 10.6. The lowest BCUT2D eigenvalue weighted by Crippen LogP contribution is -2.03. The second-order valence-electron chi connectivity index (χ2n) is 4.10. The molecule has 0 atom stereocenters. The van der Waals surface area contributed by atoms with Crippen LogP contribution in [-0.2, 0) is 0 Å². The van der Waals surface area contributed by atoms with E-state index in [2.05, 4.69) is 9.97 Å². The van der Waals surface area contributed by atoms with Crippen molar-refractivity contribution in [1.82, 2.24) is 14.4 Å². The number of hydrogen-bond donors (Lipinski definition) is 1. The first-order chi connectivity index (χ1) is 9.72. The van der Waals surface area contributed by atoms with E-state index in [9.17, 15) is 9.90 Å². The summed E-state index contributed by atoms with van der Waals surface area (Å²) in [7, 11) is 1.56. The topological polar surface area (TPSA) is 76.7 Å². The molecule has 0 bridgehead atoms. The van der Waals surface area contributed by atoms with Crippen molar-refractivity contribution in [3.05, 3.63) is 48.5 Å². The van der Waals surface area contributed by atoms with Gasteiger partial charge in [-0.25, -0.2) is 14.8 Å². The molecule has 1 aromatic carbocycles. The molecule has 0 radical (unpaired) electrons. The molecule has 1 N–H and O–H groups in total. The minimum absolute atomic E-state index is 0.0750. The van der Waals surface area contributed by atoms with E-state index in [1.165, 1.54) is 4.40 Å². The van der Waals surface area contributed by atoms with Crippen LogP contribution in [0, 0.1) is 0 Å². The normalized spacial score (nSPS) is 10.7. The number of carboxylic acids is 1. The Morgan fingerprint density at radius 1 is 1.30 bits per heavy atom. The van der Waals surface area contributed by atoms with Gasteiger partial charge < -0.3 is 9.84 Å². The Morgan fingerprint density at radius 2 is 2.10 bits per heavy atom. The van der Waals surface area contributed by atoms with Crippen LogP contribution in [0.2, 0.25) is 0 Å². The van der Waals surface area contributed by atoms with Gasteiger partial charge in [0.05, 0.1) is 7.11 Å². The predicted octanol–water partition coefficient (Wildman–Crippen LogP) is 2.10. The molecular weight excluding hydrogens is 258 g/mol. The highest BCUT2D eigenvalue weighted by Crippen LogP contribution is 2.31. The lowest BCUT2D eigenvalue weighted by Gasteiger charge is -2.05. The smallest absolute Gasteiger partial charge is 0.372 e. The molecule has 0 amide bonds. The van der Waals surface area contributed by atoms with Crippen molar-refractivity contribution < 1.29 is 14.6 Å². The number of imidazole rings is 1. The molecule has 2 aromatic heterocycles. The summed E-state index contributed by atoms with van der Waals surface area (Å²) in [6.45, 7) is 0. The fourth-order valence-corrected chi connectivity index (χ4v) is 2.10. The molecular formula is C14H11N3O3. The average Bonchev–Trinajstić information content (AvgIpc) is 2.87. The van der Waals surface area contributed by atoms with Crippen LogP contribution in [-0.4, -0.2) is 32.6 Å². The van der Waals surface area contributed by atoms with Crippen molar-refractivity contribution in [2.75, 3.05) is 7.11 Å². The van der Waals surface area contributed by atoms with Gasteiger partial charge in [0.15, 0.2) is 5.65 Å². The van der Waals surface area contributed by atoms with Gasteiger partial charge in [0, 0.05) is 18.0 Å². The molecule has 20 heavy (non-hydrogen) atoms. The van der Waals surface area contributed by atoms with Crippen LogP contribution in [0.4, 0.5) is 0 Å². The lowest BCUT2D eigenvalue weighted by molar-refractivity contribution is 0.0683. The van der Waals surface area contributed by atoms with Crippen molar-refractivity contribution in [3.63, 3.8) is 0 Å². The number of benzene rings is 1. The molecule has 0 aliphatic rings. The number of ether oxygens (including phenoxy) is 1. The molecule has 3 aromatic rings. The first-order valence-corrected chi connectivity index (χ1v) is 5.92. The van der Waals surface area contributed by atoms with Gasteiger partial charge in [0.2, 0.25) is 5.82 Å². The van der Waals surface area contributed by atoms with Crippen LogP contribution in [0.5, 0.6) is 5.75 Å². The third-order valence-corrected chi connectivity index (χ3v) is 2.96. The van der Waals surface area contributed by atoms with Gasteiger partial charge in [-0.05, 0) is 18.2 Å². The second-order valence-corrected chi connectivity index (χ2v) is 4.10.